The first-order chi connectivity index (χ1) is 13.9. The molecule has 4 atom stereocenters. The first-order valence-electron chi connectivity index (χ1n) is 9.20. The van der Waals surface area contributed by atoms with Crippen LogP contribution in [0.3, 0.4) is 0 Å². The second-order valence-electron chi connectivity index (χ2n) is 6.77. The average Bonchev–Trinajstić information content (AvgIpc) is 2.96. The molecule has 0 bridgehead atoms. The topological polar surface area (TPSA) is 151 Å². The number of aliphatic hydroxyl groups is 3. The minimum Gasteiger partial charge on any atom is -0.462 e. The van der Waals surface area contributed by atoms with Gasteiger partial charge >= 0.3 is 5.97 Å². The third-order valence-electron chi connectivity index (χ3n) is 4.93. The standard InChI is InChI=1S/C19H23ClN4O5/c1-2-29-18(28)11-6-4-3-5-10(11)13-16(20)23-19(21)24-17(13)22-12-7-9(8-25)14(26)15(12)27/h3-6,9,12,14-15,25-27H,2,7-8H2,1H3,(H3,21,22,23,24)/t9-,12-,14-,15+/m1/s1. The van der Waals surface area contributed by atoms with E-state index in [0.717, 1.165) is 0 Å². The van der Waals surface area contributed by atoms with Gasteiger partial charge in [-0.05, 0) is 19.4 Å². The molecular formula is C19H23ClN4O5. The van der Waals surface area contributed by atoms with E-state index in [1.165, 1.54) is 0 Å². The van der Waals surface area contributed by atoms with Gasteiger partial charge in [0.2, 0.25) is 5.95 Å². The van der Waals surface area contributed by atoms with Gasteiger partial charge in [0.25, 0.3) is 0 Å². The smallest absolute Gasteiger partial charge is 0.338 e. The van der Waals surface area contributed by atoms with Crippen LogP contribution in [0.2, 0.25) is 5.15 Å². The summed E-state index contributed by atoms with van der Waals surface area (Å²) >= 11 is 6.35. The second kappa shape index (κ2) is 8.91. The fraction of sp³-hybridized carbons (Fsp3) is 0.421. The Bertz CT molecular complexity index is 897. The summed E-state index contributed by atoms with van der Waals surface area (Å²) in [5, 5.41) is 32.9. The number of hydrogen-bond acceptors (Lipinski definition) is 9. The van der Waals surface area contributed by atoms with Crippen molar-refractivity contribution in [3.8, 4) is 11.1 Å². The lowest BCUT2D eigenvalue weighted by atomic mass is 10.0. The molecule has 0 spiro atoms. The van der Waals surface area contributed by atoms with E-state index < -0.39 is 30.1 Å². The van der Waals surface area contributed by atoms with Gasteiger partial charge in [0, 0.05) is 18.1 Å². The van der Waals surface area contributed by atoms with Crippen LogP contribution >= 0.6 is 11.6 Å². The summed E-state index contributed by atoms with van der Waals surface area (Å²) in [6, 6.07) is 6.08. The maximum Gasteiger partial charge on any atom is 0.338 e. The van der Waals surface area contributed by atoms with E-state index in [0.29, 0.717) is 17.5 Å². The summed E-state index contributed by atoms with van der Waals surface area (Å²) in [7, 11) is 0. The summed E-state index contributed by atoms with van der Waals surface area (Å²) in [6.07, 6.45) is -1.91. The number of nitrogen functional groups attached to an aromatic ring is 1. The van der Waals surface area contributed by atoms with Crippen LogP contribution in [0.1, 0.15) is 23.7 Å². The van der Waals surface area contributed by atoms with E-state index >= 15 is 0 Å². The molecule has 1 aliphatic rings. The van der Waals surface area contributed by atoms with Crippen LogP contribution in [0.15, 0.2) is 24.3 Å². The molecule has 1 aliphatic carbocycles. The number of esters is 1. The van der Waals surface area contributed by atoms with Crippen molar-refractivity contribution in [3.63, 3.8) is 0 Å². The number of aliphatic hydroxyl groups excluding tert-OH is 3. The summed E-state index contributed by atoms with van der Waals surface area (Å²) in [4.78, 5) is 20.6. The zero-order valence-electron chi connectivity index (χ0n) is 15.7. The van der Waals surface area contributed by atoms with Crippen molar-refractivity contribution in [2.24, 2.45) is 5.92 Å². The maximum absolute atomic E-state index is 12.4. The highest BCUT2D eigenvalue weighted by molar-refractivity contribution is 6.33. The van der Waals surface area contributed by atoms with Crippen LogP contribution in [0.5, 0.6) is 0 Å². The normalized spacial score (nSPS) is 23.8. The Kier molecular flexibility index (Phi) is 6.53. The summed E-state index contributed by atoms with van der Waals surface area (Å²) < 4.78 is 5.12. The Morgan fingerprint density at radius 2 is 2.03 bits per heavy atom. The Hall–Kier alpha value is -2.46. The van der Waals surface area contributed by atoms with E-state index in [-0.39, 0.29) is 35.7 Å². The Balaban J connectivity index is 2.05. The first-order valence-corrected chi connectivity index (χ1v) is 9.58. The van der Waals surface area contributed by atoms with Gasteiger partial charge in [-0.3, -0.25) is 0 Å². The number of aromatic nitrogens is 2. The number of benzene rings is 1. The molecule has 0 aliphatic heterocycles. The molecule has 0 amide bonds. The monoisotopic (exact) mass is 422 g/mol. The lowest BCUT2D eigenvalue weighted by Crippen LogP contribution is -2.35. The first kappa shape index (κ1) is 21.3. The molecule has 29 heavy (non-hydrogen) atoms. The summed E-state index contributed by atoms with van der Waals surface area (Å²) in [6.45, 7) is 1.65. The van der Waals surface area contributed by atoms with Crippen LogP contribution in [0.25, 0.3) is 11.1 Å². The van der Waals surface area contributed by atoms with Gasteiger partial charge in [0.05, 0.1) is 29.9 Å². The molecule has 10 heteroatoms. The molecule has 1 aromatic carbocycles. The minimum absolute atomic E-state index is 0.0171. The number of ether oxygens (including phenoxy) is 1. The quantitative estimate of drug-likeness (QED) is 0.340. The molecule has 0 saturated heterocycles. The largest absolute Gasteiger partial charge is 0.462 e. The summed E-state index contributed by atoms with van der Waals surface area (Å²) in [5.74, 6) is -0.901. The van der Waals surface area contributed by atoms with E-state index in [2.05, 4.69) is 15.3 Å². The Morgan fingerprint density at radius 1 is 1.31 bits per heavy atom. The van der Waals surface area contributed by atoms with Gasteiger partial charge in [-0.15, -0.1) is 0 Å². The third-order valence-corrected chi connectivity index (χ3v) is 5.21. The molecule has 3 rings (SSSR count). The molecule has 6 N–H and O–H groups in total. The van der Waals surface area contributed by atoms with Gasteiger partial charge in [0.15, 0.2) is 0 Å². The summed E-state index contributed by atoms with van der Waals surface area (Å²) in [5.41, 5.74) is 6.78. The minimum atomic E-state index is -1.13. The molecule has 1 aromatic heterocycles. The second-order valence-corrected chi connectivity index (χ2v) is 7.13. The molecule has 1 heterocycles. The van der Waals surface area contributed by atoms with E-state index in [9.17, 15) is 20.1 Å². The van der Waals surface area contributed by atoms with Crippen LogP contribution in [-0.2, 0) is 4.74 Å². The zero-order valence-corrected chi connectivity index (χ0v) is 16.5. The molecule has 0 unspecified atom stereocenters. The molecular weight excluding hydrogens is 400 g/mol. The lowest BCUT2D eigenvalue weighted by Gasteiger charge is -2.21. The highest BCUT2D eigenvalue weighted by atomic mass is 35.5. The number of carbonyl (C=O) groups is 1. The molecule has 9 nitrogen and oxygen atoms in total. The molecule has 0 radical (unpaired) electrons. The number of nitrogens with two attached hydrogens (primary N) is 1. The van der Waals surface area contributed by atoms with E-state index in [1.54, 1.807) is 31.2 Å². The number of hydrogen-bond donors (Lipinski definition) is 5. The number of nitrogens with one attached hydrogen (secondary N) is 1. The number of carbonyl (C=O) groups excluding carboxylic acids is 1. The van der Waals surface area contributed by atoms with Crippen molar-refractivity contribution in [1.82, 2.24) is 9.97 Å². The zero-order chi connectivity index (χ0) is 21.1. The maximum atomic E-state index is 12.4. The number of nitrogens with zero attached hydrogens (tertiary/aromatic N) is 2. The van der Waals surface area contributed by atoms with Gasteiger partial charge in [-0.1, -0.05) is 29.8 Å². The molecule has 2 aromatic rings. The van der Waals surface area contributed by atoms with Crippen molar-refractivity contribution in [2.75, 3.05) is 24.3 Å². The van der Waals surface area contributed by atoms with Crippen molar-refractivity contribution in [2.45, 2.75) is 31.6 Å². The van der Waals surface area contributed by atoms with Gasteiger partial charge in [-0.2, -0.15) is 4.98 Å². The van der Waals surface area contributed by atoms with Crippen molar-refractivity contribution >= 4 is 29.3 Å². The van der Waals surface area contributed by atoms with Crippen LogP contribution in [0.4, 0.5) is 11.8 Å². The van der Waals surface area contributed by atoms with Crippen molar-refractivity contribution in [1.29, 1.82) is 0 Å². The highest BCUT2D eigenvalue weighted by Crippen LogP contribution is 2.38. The Labute approximate surface area is 172 Å². The van der Waals surface area contributed by atoms with E-state index in [4.69, 9.17) is 22.1 Å². The van der Waals surface area contributed by atoms with Crippen LogP contribution < -0.4 is 11.1 Å². The number of halogens is 1. The third kappa shape index (κ3) is 4.27. The number of anilines is 2. The lowest BCUT2D eigenvalue weighted by molar-refractivity contribution is 0.00446. The fourth-order valence-electron chi connectivity index (χ4n) is 3.51. The van der Waals surface area contributed by atoms with Crippen molar-refractivity contribution < 1.29 is 24.9 Å². The van der Waals surface area contributed by atoms with Crippen molar-refractivity contribution in [3.05, 3.63) is 35.0 Å². The predicted molar refractivity (Wildman–Crippen MR) is 107 cm³/mol. The number of rotatable bonds is 6. The van der Waals surface area contributed by atoms with Crippen LogP contribution in [-0.4, -0.2) is 62.7 Å². The highest BCUT2D eigenvalue weighted by Gasteiger charge is 2.41. The molecule has 1 fully saturated rings. The van der Waals surface area contributed by atoms with Gasteiger partial charge < -0.3 is 31.1 Å². The van der Waals surface area contributed by atoms with Gasteiger partial charge in [0.1, 0.15) is 17.1 Å². The SMILES string of the molecule is CCOC(=O)c1ccccc1-c1c(Cl)nc(N)nc1N[C@@H]1C[C@H](CO)[C@@H](O)[C@H]1O. The predicted octanol–water partition coefficient (Wildman–Crippen LogP) is 1.07. The molecule has 156 valence electrons. The average molecular weight is 423 g/mol. The van der Waals surface area contributed by atoms with Gasteiger partial charge in [-0.25, -0.2) is 9.78 Å². The van der Waals surface area contributed by atoms with Crippen LogP contribution in [0, 0.1) is 5.92 Å². The molecule has 1 saturated carbocycles. The fourth-order valence-corrected chi connectivity index (χ4v) is 3.78. The van der Waals surface area contributed by atoms with E-state index in [1.807, 2.05) is 0 Å². The Morgan fingerprint density at radius 3 is 2.69 bits per heavy atom.